The second-order valence-corrected chi connectivity index (χ2v) is 9.84. The predicted molar refractivity (Wildman–Crippen MR) is 145 cm³/mol. The Bertz CT molecular complexity index is 1400. The van der Waals surface area contributed by atoms with Gasteiger partial charge in [-0.25, -0.2) is 9.78 Å². The van der Waals surface area contributed by atoms with Crippen LogP contribution in [0.25, 0.3) is 11.2 Å². The van der Waals surface area contributed by atoms with Crippen LogP contribution in [0.5, 0.6) is 0 Å². The molecule has 0 bridgehead atoms. The van der Waals surface area contributed by atoms with Crippen LogP contribution in [-0.4, -0.2) is 82.2 Å². The summed E-state index contributed by atoms with van der Waals surface area (Å²) in [4.78, 5) is 37.9. The lowest BCUT2D eigenvalue weighted by atomic mass is 10.1. The minimum atomic E-state index is -0.239. The molecule has 37 heavy (non-hydrogen) atoms. The molecule has 2 aliphatic heterocycles. The SMILES string of the molecule is CN1CCN(C(=O)c2cc(N3CCCC(N)C3)c3c(n2)n(C)c(=O)n3Cc2ccccc2C#N)CC1.Cl. The van der Waals surface area contributed by atoms with E-state index in [9.17, 15) is 14.9 Å². The van der Waals surface area contributed by atoms with Crippen LogP contribution in [0.4, 0.5) is 5.69 Å². The van der Waals surface area contributed by atoms with Gasteiger partial charge >= 0.3 is 5.69 Å². The van der Waals surface area contributed by atoms with Gasteiger partial charge in [0, 0.05) is 52.4 Å². The first-order chi connectivity index (χ1) is 17.4. The summed E-state index contributed by atoms with van der Waals surface area (Å²) in [7, 11) is 3.73. The van der Waals surface area contributed by atoms with Gasteiger partial charge in [-0.1, -0.05) is 18.2 Å². The second kappa shape index (κ2) is 10.9. The fourth-order valence-corrected chi connectivity index (χ4v) is 5.21. The number of nitrogens with zero attached hydrogens (tertiary/aromatic N) is 7. The van der Waals surface area contributed by atoms with Crippen molar-refractivity contribution in [3.63, 3.8) is 0 Å². The van der Waals surface area contributed by atoms with Gasteiger partial charge in [-0.2, -0.15) is 5.26 Å². The fraction of sp³-hybridized carbons (Fsp3) is 0.462. The van der Waals surface area contributed by atoms with E-state index >= 15 is 0 Å². The van der Waals surface area contributed by atoms with Gasteiger partial charge in [0.05, 0.1) is 23.9 Å². The predicted octanol–water partition coefficient (Wildman–Crippen LogP) is 1.39. The number of anilines is 1. The highest BCUT2D eigenvalue weighted by Gasteiger charge is 2.28. The molecular weight excluding hydrogens is 492 g/mol. The van der Waals surface area contributed by atoms with E-state index in [1.807, 2.05) is 36.2 Å². The Morgan fingerprint density at radius 2 is 1.89 bits per heavy atom. The first-order valence-electron chi connectivity index (χ1n) is 12.4. The summed E-state index contributed by atoms with van der Waals surface area (Å²) in [5.41, 5.74) is 9.63. The summed E-state index contributed by atoms with van der Waals surface area (Å²) in [5, 5.41) is 9.59. The summed E-state index contributed by atoms with van der Waals surface area (Å²) in [5.74, 6) is -0.123. The number of pyridine rings is 1. The highest BCUT2D eigenvalue weighted by molar-refractivity contribution is 5.98. The lowest BCUT2D eigenvalue weighted by Crippen LogP contribution is -2.47. The molecule has 2 N–H and O–H groups in total. The Kier molecular flexibility index (Phi) is 7.87. The minimum absolute atomic E-state index is 0. The molecule has 2 fully saturated rings. The number of piperidine rings is 1. The van der Waals surface area contributed by atoms with Gasteiger partial charge in [0.25, 0.3) is 5.91 Å². The van der Waals surface area contributed by atoms with Gasteiger partial charge in [-0.3, -0.25) is 13.9 Å². The highest BCUT2D eigenvalue weighted by Crippen LogP contribution is 2.30. The second-order valence-electron chi connectivity index (χ2n) is 9.84. The van der Waals surface area contributed by atoms with Crippen molar-refractivity contribution in [3.05, 3.63) is 57.6 Å². The van der Waals surface area contributed by atoms with Crippen molar-refractivity contribution in [1.82, 2.24) is 23.9 Å². The zero-order valence-electron chi connectivity index (χ0n) is 21.3. The van der Waals surface area contributed by atoms with Gasteiger partial charge in [0.2, 0.25) is 0 Å². The number of hydrogen-bond acceptors (Lipinski definition) is 7. The summed E-state index contributed by atoms with van der Waals surface area (Å²) >= 11 is 0. The van der Waals surface area contributed by atoms with Crippen LogP contribution in [0.1, 0.15) is 34.5 Å². The van der Waals surface area contributed by atoms with Gasteiger partial charge in [0.1, 0.15) is 11.2 Å². The van der Waals surface area contributed by atoms with Crippen LogP contribution >= 0.6 is 12.4 Å². The van der Waals surface area contributed by atoms with Crippen molar-refractivity contribution < 1.29 is 4.79 Å². The maximum absolute atomic E-state index is 13.5. The number of likely N-dealkylation sites (N-methyl/N-ethyl adjacent to an activating group) is 1. The standard InChI is InChI=1S/C26H32N8O2.ClH/c1-30-10-12-32(13-11-30)25(35)21-14-22(33-9-5-8-20(28)17-33)23-24(29-21)31(2)26(36)34(23)16-19-7-4-3-6-18(19)15-27;/h3-4,6-7,14,20H,5,8-13,16-17,28H2,1-2H3;1H. The Labute approximate surface area is 222 Å². The van der Waals surface area contributed by atoms with Crippen LogP contribution in [0.3, 0.4) is 0 Å². The molecule has 2 aliphatic rings. The molecule has 1 amide bonds. The first-order valence-corrected chi connectivity index (χ1v) is 12.4. The molecule has 196 valence electrons. The molecule has 1 unspecified atom stereocenters. The molecule has 2 aromatic heterocycles. The lowest BCUT2D eigenvalue weighted by Gasteiger charge is -2.34. The normalized spacial score (nSPS) is 18.5. The van der Waals surface area contributed by atoms with E-state index in [0.29, 0.717) is 42.1 Å². The first kappa shape index (κ1) is 26.7. The zero-order chi connectivity index (χ0) is 25.4. The van der Waals surface area contributed by atoms with Crippen molar-refractivity contribution in [2.24, 2.45) is 12.8 Å². The molecule has 5 rings (SSSR count). The van der Waals surface area contributed by atoms with E-state index in [4.69, 9.17) is 10.7 Å². The molecule has 4 heterocycles. The number of fused-ring (bicyclic) bond motifs is 1. The molecule has 0 saturated carbocycles. The fourth-order valence-electron chi connectivity index (χ4n) is 5.21. The highest BCUT2D eigenvalue weighted by atomic mass is 35.5. The van der Waals surface area contributed by atoms with Gasteiger partial charge in [0.15, 0.2) is 5.65 Å². The molecule has 0 spiro atoms. The largest absolute Gasteiger partial charge is 0.368 e. The number of halogens is 1. The number of rotatable bonds is 4. The van der Waals surface area contributed by atoms with Crippen LogP contribution in [0.2, 0.25) is 0 Å². The number of aryl methyl sites for hydroxylation is 1. The van der Waals surface area contributed by atoms with Crippen LogP contribution in [0.15, 0.2) is 35.1 Å². The summed E-state index contributed by atoms with van der Waals surface area (Å²) in [6.07, 6.45) is 1.87. The molecule has 1 atom stereocenters. The number of nitrogens with two attached hydrogens (primary N) is 1. The van der Waals surface area contributed by atoms with Crippen LogP contribution in [-0.2, 0) is 13.6 Å². The number of piperazine rings is 1. The molecule has 3 aromatic rings. The maximum Gasteiger partial charge on any atom is 0.330 e. The zero-order valence-corrected chi connectivity index (χ0v) is 22.1. The van der Waals surface area contributed by atoms with Crippen molar-refractivity contribution in [2.75, 3.05) is 51.2 Å². The molecule has 10 nitrogen and oxygen atoms in total. The van der Waals surface area contributed by atoms with E-state index < -0.39 is 0 Å². The van der Waals surface area contributed by atoms with Crippen molar-refractivity contribution in [2.45, 2.75) is 25.4 Å². The lowest BCUT2D eigenvalue weighted by molar-refractivity contribution is 0.0658. The molecular formula is C26H33ClN8O2. The number of carbonyl (C=O) groups excluding carboxylic acids is 1. The van der Waals surface area contributed by atoms with Gasteiger partial charge < -0.3 is 20.4 Å². The Hall–Kier alpha value is -3.39. The summed E-state index contributed by atoms with van der Waals surface area (Å²) in [6.45, 7) is 4.57. The third-order valence-electron chi connectivity index (χ3n) is 7.33. The quantitative estimate of drug-likeness (QED) is 0.548. The third-order valence-corrected chi connectivity index (χ3v) is 7.33. The maximum atomic E-state index is 13.5. The van der Waals surface area contributed by atoms with E-state index in [1.165, 1.54) is 4.57 Å². The summed E-state index contributed by atoms with van der Waals surface area (Å²) in [6, 6.07) is 11.3. The Balaban J connectivity index is 0.00000320. The number of carbonyl (C=O) groups is 1. The monoisotopic (exact) mass is 524 g/mol. The smallest absolute Gasteiger partial charge is 0.330 e. The number of imidazole rings is 1. The third kappa shape index (κ3) is 5.07. The van der Waals surface area contributed by atoms with Gasteiger partial charge in [-0.15, -0.1) is 12.4 Å². The van der Waals surface area contributed by atoms with E-state index in [2.05, 4.69) is 15.9 Å². The van der Waals surface area contributed by atoms with E-state index in [0.717, 1.165) is 43.7 Å². The average molecular weight is 525 g/mol. The Morgan fingerprint density at radius 3 is 2.59 bits per heavy atom. The molecule has 11 heteroatoms. The van der Waals surface area contributed by atoms with Crippen molar-refractivity contribution in [1.29, 1.82) is 5.26 Å². The van der Waals surface area contributed by atoms with Crippen LogP contribution in [0, 0.1) is 11.3 Å². The average Bonchev–Trinajstić information content (AvgIpc) is 3.13. The van der Waals surface area contributed by atoms with Crippen molar-refractivity contribution >= 4 is 35.2 Å². The minimum Gasteiger partial charge on any atom is -0.368 e. The van der Waals surface area contributed by atoms with Crippen molar-refractivity contribution in [3.8, 4) is 6.07 Å². The number of amides is 1. The number of aromatic nitrogens is 3. The number of hydrogen-bond donors (Lipinski definition) is 1. The Morgan fingerprint density at radius 1 is 1.16 bits per heavy atom. The molecule has 0 aliphatic carbocycles. The topological polar surface area (TPSA) is 116 Å². The number of benzene rings is 1. The van der Waals surface area contributed by atoms with E-state index in [1.54, 1.807) is 17.7 Å². The molecule has 1 aromatic carbocycles. The molecule has 0 radical (unpaired) electrons. The number of nitriles is 1. The van der Waals surface area contributed by atoms with Crippen LogP contribution < -0.4 is 16.3 Å². The van der Waals surface area contributed by atoms with E-state index in [-0.39, 0.29) is 36.6 Å². The summed E-state index contributed by atoms with van der Waals surface area (Å²) < 4.78 is 3.16. The molecule has 2 saturated heterocycles. The van der Waals surface area contributed by atoms with Gasteiger partial charge in [-0.05, 0) is 37.6 Å².